The zero-order chi connectivity index (χ0) is 15.5. The Balaban J connectivity index is 2.25. The van der Waals surface area contributed by atoms with Crippen LogP contribution in [0.3, 0.4) is 0 Å². The highest BCUT2D eigenvalue weighted by molar-refractivity contribution is 5.85. The fourth-order valence-electron chi connectivity index (χ4n) is 1.53. The number of ether oxygens (including phenoxy) is 1. The van der Waals surface area contributed by atoms with Gasteiger partial charge in [-0.25, -0.2) is 4.39 Å². The van der Waals surface area contributed by atoms with Gasteiger partial charge in [0.2, 0.25) is 0 Å². The van der Waals surface area contributed by atoms with E-state index in [1.807, 2.05) is 0 Å². The van der Waals surface area contributed by atoms with E-state index in [1.165, 1.54) is 18.2 Å². The third-order valence-corrected chi connectivity index (χ3v) is 2.39. The summed E-state index contributed by atoms with van der Waals surface area (Å²) in [5, 5.41) is 9.56. The van der Waals surface area contributed by atoms with Crippen molar-refractivity contribution in [3.63, 3.8) is 0 Å². The van der Waals surface area contributed by atoms with Crippen LogP contribution in [0.2, 0.25) is 0 Å². The molecule has 0 saturated carbocycles. The molecule has 0 spiro atoms. The summed E-state index contributed by atoms with van der Waals surface area (Å²) in [5.74, 6) is -1.26. The van der Waals surface area contributed by atoms with E-state index >= 15 is 0 Å². The number of aromatic hydroxyl groups is 1. The van der Waals surface area contributed by atoms with Crippen molar-refractivity contribution in [1.82, 2.24) is 0 Å². The molecule has 0 bridgehead atoms. The molecule has 3 nitrogen and oxygen atoms in total. The highest BCUT2D eigenvalue weighted by atomic mass is 19.4. The predicted octanol–water partition coefficient (Wildman–Crippen LogP) is 4.18. The Hall–Kier alpha value is -2.57. The number of alkyl halides is 3. The minimum Gasteiger partial charge on any atom is -0.507 e. The summed E-state index contributed by atoms with van der Waals surface area (Å²) in [7, 11) is 0. The highest BCUT2D eigenvalue weighted by Gasteiger charge is 2.31. The first-order valence-electron chi connectivity index (χ1n) is 5.72. The van der Waals surface area contributed by atoms with Crippen LogP contribution in [-0.2, 0) is 0 Å². The Morgan fingerprint density at radius 2 is 1.86 bits per heavy atom. The van der Waals surface area contributed by atoms with Gasteiger partial charge < -0.3 is 9.84 Å². The molecule has 1 N–H and O–H groups in total. The largest absolute Gasteiger partial charge is 0.573 e. The van der Waals surface area contributed by atoms with Crippen LogP contribution in [0, 0.1) is 5.82 Å². The average molecular weight is 299 g/mol. The summed E-state index contributed by atoms with van der Waals surface area (Å²) in [6, 6.07) is 8.32. The van der Waals surface area contributed by atoms with Crippen LogP contribution >= 0.6 is 0 Å². The normalized spacial score (nSPS) is 11.8. The van der Waals surface area contributed by atoms with Gasteiger partial charge in [0.05, 0.1) is 5.69 Å². The highest BCUT2D eigenvalue weighted by Crippen LogP contribution is 2.27. The van der Waals surface area contributed by atoms with E-state index < -0.39 is 17.9 Å². The number of hydrogen-bond donors (Lipinski definition) is 1. The number of halogens is 4. The van der Waals surface area contributed by atoms with Crippen LogP contribution in [0.25, 0.3) is 0 Å². The molecule has 0 fully saturated rings. The molecule has 2 rings (SSSR count). The number of nitrogens with zero attached hydrogens (tertiary/aromatic N) is 1. The molecule has 0 amide bonds. The Morgan fingerprint density at radius 3 is 2.52 bits per heavy atom. The maximum atomic E-state index is 13.0. The van der Waals surface area contributed by atoms with Crippen molar-refractivity contribution in [2.75, 3.05) is 0 Å². The molecule has 0 aliphatic carbocycles. The van der Waals surface area contributed by atoms with Crippen molar-refractivity contribution in [3.05, 3.63) is 53.8 Å². The molecular weight excluding hydrogens is 290 g/mol. The predicted molar refractivity (Wildman–Crippen MR) is 68.4 cm³/mol. The lowest BCUT2D eigenvalue weighted by atomic mass is 10.2. The second kappa shape index (κ2) is 5.82. The van der Waals surface area contributed by atoms with Crippen molar-refractivity contribution in [1.29, 1.82) is 0 Å². The molecule has 0 aromatic heterocycles. The molecule has 0 atom stereocenters. The summed E-state index contributed by atoms with van der Waals surface area (Å²) in [6.45, 7) is 0. The zero-order valence-electron chi connectivity index (χ0n) is 10.4. The van der Waals surface area contributed by atoms with Gasteiger partial charge in [0.15, 0.2) is 0 Å². The third-order valence-electron chi connectivity index (χ3n) is 2.39. The second-order valence-electron chi connectivity index (χ2n) is 4.01. The first kappa shape index (κ1) is 14.8. The van der Waals surface area contributed by atoms with Crippen LogP contribution in [0.5, 0.6) is 11.5 Å². The molecule has 0 radical (unpaired) electrons. The van der Waals surface area contributed by atoms with Crippen molar-refractivity contribution in [2.24, 2.45) is 4.99 Å². The smallest absolute Gasteiger partial charge is 0.507 e. The molecular formula is C14H9F4NO2. The summed E-state index contributed by atoms with van der Waals surface area (Å²) >= 11 is 0. The number of benzene rings is 2. The molecule has 110 valence electrons. The Bertz CT molecular complexity index is 668. The van der Waals surface area contributed by atoms with Gasteiger partial charge in [-0.3, -0.25) is 4.99 Å². The third kappa shape index (κ3) is 4.48. The summed E-state index contributed by atoms with van der Waals surface area (Å²) < 4.78 is 53.0. The fraction of sp³-hybridized carbons (Fsp3) is 0.0714. The zero-order valence-corrected chi connectivity index (χ0v) is 10.4. The lowest BCUT2D eigenvalue weighted by molar-refractivity contribution is -0.274. The van der Waals surface area contributed by atoms with E-state index in [4.69, 9.17) is 0 Å². The SMILES string of the molecule is Oc1ccc(OC(F)(F)F)cc1C=Nc1cccc(F)c1. The van der Waals surface area contributed by atoms with E-state index in [1.54, 1.807) is 0 Å². The van der Waals surface area contributed by atoms with Gasteiger partial charge in [0.25, 0.3) is 0 Å². The monoisotopic (exact) mass is 299 g/mol. The summed E-state index contributed by atoms with van der Waals surface area (Å²) in [6.07, 6.45) is -3.71. The molecule has 2 aromatic rings. The maximum absolute atomic E-state index is 13.0. The van der Waals surface area contributed by atoms with Gasteiger partial charge >= 0.3 is 6.36 Å². The minimum atomic E-state index is -4.83. The number of hydrogen-bond acceptors (Lipinski definition) is 3. The molecule has 2 aromatic carbocycles. The quantitative estimate of drug-likeness (QED) is 0.682. The van der Waals surface area contributed by atoms with Crippen molar-refractivity contribution in [3.8, 4) is 11.5 Å². The summed E-state index contributed by atoms with van der Waals surface area (Å²) in [5.41, 5.74) is 0.276. The van der Waals surface area contributed by atoms with Gasteiger partial charge in [-0.15, -0.1) is 13.2 Å². The molecule has 0 saturated heterocycles. The van der Waals surface area contributed by atoms with Crippen LogP contribution < -0.4 is 4.74 Å². The fourth-order valence-corrected chi connectivity index (χ4v) is 1.53. The van der Waals surface area contributed by atoms with Gasteiger partial charge in [-0.2, -0.15) is 0 Å². The average Bonchev–Trinajstić information content (AvgIpc) is 2.38. The standard InChI is InChI=1S/C14H9F4NO2/c15-10-2-1-3-11(7-10)19-8-9-6-12(4-5-13(9)20)21-14(16,17)18/h1-8,20H. The van der Waals surface area contributed by atoms with Crippen molar-refractivity contribution >= 4 is 11.9 Å². The molecule has 0 unspecified atom stereocenters. The van der Waals surface area contributed by atoms with E-state index in [0.717, 1.165) is 30.5 Å². The minimum absolute atomic E-state index is 0.0148. The lowest BCUT2D eigenvalue weighted by Crippen LogP contribution is -2.17. The Kier molecular flexibility index (Phi) is 4.11. The van der Waals surface area contributed by atoms with E-state index in [2.05, 4.69) is 9.73 Å². The first-order chi connectivity index (χ1) is 9.83. The lowest BCUT2D eigenvalue weighted by Gasteiger charge is -2.09. The van der Waals surface area contributed by atoms with Gasteiger partial charge in [-0.1, -0.05) is 6.07 Å². The number of phenols is 1. The number of aliphatic imine (C=N–C) groups is 1. The molecule has 0 heterocycles. The topological polar surface area (TPSA) is 41.8 Å². The number of rotatable bonds is 3. The van der Waals surface area contributed by atoms with Crippen molar-refractivity contribution in [2.45, 2.75) is 6.36 Å². The van der Waals surface area contributed by atoms with E-state index in [9.17, 15) is 22.7 Å². The molecule has 7 heteroatoms. The van der Waals surface area contributed by atoms with Gasteiger partial charge in [-0.05, 0) is 36.4 Å². The number of phenolic OH excluding ortho intramolecular Hbond substituents is 1. The summed E-state index contributed by atoms with van der Waals surface area (Å²) in [4.78, 5) is 3.87. The molecule has 21 heavy (non-hydrogen) atoms. The molecule has 0 aliphatic rings. The molecule has 0 aliphatic heterocycles. The van der Waals surface area contributed by atoms with Crippen LogP contribution in [-0.4, -0.2) is 17.7 Å². The Morgan fingerprint density at radius 1 is 1.10 bits per heavy atom. The van der Waals surface area contributed by atoms with E-state index in [-0.39, 0.29) is 17.0 Å². The van der Waals surface area contributed by atoms with E-state index in [0.29, 0.717) is 0 Å². The van der Waals surface area contributed by atoms with Gasteiger partial charge in [0, 0.05) is 11.8 Å². The Labute approximate surface area is 117 Å². The second-order valence-corrected chi connectivity index (χ2v) is 4.01. The van der Waals surface area contributed by atoms with Crippen LogP contribution in [0.4, 0.5) is 23.2 Å². The van der Waals surface area contributed by atoms with Crippen LogP contribution in [0.1, 0.15) is 5.56 Å². The van der Waals surface area contributed by atoms with Crippen molar-refractivity contribution < 1.29 is 27.4 Å². The first-order valence-corrected chi connectivity index (χ1v) is 5.72. The van der Waals surface area contributed by atoms with Gasteiger partial charge in [0.1, 0.15) is 17.3 Å². The van der Waals surface area contributed by atoms with Crippen LogP contribution in [0.15, 0.2) is 47.5 Å². The maximum Gasteiger partial charge on any atom is 0.573 e.